The van der Waals surface area contributed by atoms with Gasteiger partial charge in [-0.3, -0.25) is 4.79 Å². The topological polar surface area (TPSA) is 63.7 Å². The highest BCUT2D eigenvalue weighted by atomic mass is 32.2. The summed E-state index contributed by atoms with van der Waals surface area (Å²) in [6, 6.07) is 0. The van der Waals surface area contributed by atoms with Gasteiger partial charge in [-0.1, -0.05) is 0 Å². The maximum atomic E-state index is 11.5. The molecule has 1 atom stereocenters. The molecule has 0 aromatic rings. The van der Waals surface area contributed by atoms with Crippen LogP contribution in [0.2, 0.25) is 0 Å². The van der Waals surface area contributed by atoms with Crippen molar-refractivity contribution >= 4 is 15.7 Å². The fourth-order valence-electron chi connectivity index (χ4n) is 1.58. The van der Waals surface area contributed by atoms with Gasteiger partial charge in [0.25, 0.3) is 0 Å². The molecule has 0 aromatic carbocycles. The molecular weight excluding hydrogens is 218 g/mol. The highest BCUT2D eigenvalue weighted by Gasteiger charge is 2.32. The van der Waals surface area contributed by atoms with Crippen LogP contribution in [0.4, 0.5) is 0 Å². The van der Waals surface area contributed by atoms with Crippen molar-refractivity contribution in [2.24, 2.45) is 0 Å². The van der Waals surface area contributed by atoms with Gasteiger partial charge in [0.1, 0.15) is 6.61 Å². The molecular formula is C9H17NO4S. The van der Waals surface area contributed by atoms with E-state index in [4.69, 9.17) is 4.74 Å². The maximum absolute atomic E-state index is 11.5. The lowest BCUT2D eigenvalue weighted by molar-refractivity contribution is -0.134. The number of amides is 1. The zero-order chi connectivity index (χ0) is 11.5. The van der Waals surface area contributed by atoms with E-state index in [9.17, 15) is 13.2 Å². The van der Waals surface area contributed by atoms with Gasteiger partial charge in [0.15, 0.2) is 9.84 Å². The molecule has 1 unspecified atom stereocenters. The smallest absolute Gasteiger partial charge is 0.248 e. The monoisotopic (exact) mass is 235 g/mol. The molecule has 15 heavy (non-hydrogen) atoms. The van der Waals surface area contributed by atoms with Gasteiger partial charge in [-0.25, -0.2) is 8.42 Å². The van der Waals surface area contributed by atoms with Crippen LogP contribution in [0, 0.1) is 0 Å². The van der Waals surface area contributed by atoms with Crippen LogP contribution < -0.4 is 0 Å². The number of likely N-dealkylation sites (tertiary alicyclic amines) is 1. The van der Waals surface area contributed by atoms with Gasteiger partial charge < -0.3 is 9.64 Å². The van der Waals surface area contributed by atoms with E-state index in [0.717, 1.165) is 0 Å². The standard InChI is InChI=1S/C9H17NO4S/c1-3-14-7-9(11)10-5-4-8(6-10)15(2,12)13/h8H,3-7H2,1-2H3. The molecule has 1 rings (SSSR count). The van der Waals surface area contributed by atoms with Crippen LogP contribution >= 0.6 is 0 Å². The van der Waals surface area contributed by atoms with Crippen molar-refractivity contribution in [3.8, 4) is 0 Å². The summed E-state index contributed by atoms with van der Waals surface area (Å²) in [5.74, 6) is -0.122. The van der Waals surface area contributed by atoms with Crippen LogP contribution in [-0.4, -0.2) is 57.0 Å². The Morgan fingerprint density at radius 1 is 1.53 bits per heavy atom. The first-order chi connectivity index (χ1) is 6.95. The second kappa shape index (κ2) is 4.94. The lowest BCUT2D eigenvalue weighted by Gasteiger charge is -2.15. The minimum absolute atomic E-state index is 0.0486. The molecule has 1 fully saturated rings. The number of ether oxygens (including phenoxy) is 1. The number of rotatable bonds is 4. The average molecular weight is 235 g/mol. The van der Waals surface area contributed by atoms with Crippen molar-refractivity contribution in [1.82, 2.24) is 4.90 Å². The lowest BCUT2D eigenvalue weighted by atomic mass is 10.4. The number of nitrogens with zero attached hydrogens (tertiary/aromatic N) is 1. The molecule has 0 spiro atoms. The van der Waals surface area contributed by atoms with Gasteiger partial charge in [0.2, 0.25) is 5.91 Å². The summed E-state index contributed by atoms with van der Waals surface area (Å²) < 4.78 is 27.5. The first kappa shape index (κ1) is 12.4. The third-order valence-electron chi connectivity index (χ3n) is 2.53. The Balaban J connectivity index is 2.46. The van der Waals surface area contributed by atoms with E-state index in [2.05, 4.69) is 0 Å². The number of carbonyl (C=O) groups is 1. The molecule has 1 amide bonds. The minimum Gasteiger partial charge on any atom is -0.372 e. The first-order valence-electron chi connectivity index (χ1n) is 4.99. The van der Waals surface area contributed by atoms with Gasteiger partial charge >= 0.3 is 0 Å². The first-order valence-corrected chi connectivity index (χ1v) is 6.95. The summed E-state index contributed by atoms with van der Waals surface area (Å²) in [7, 11) is -3.02. The number of hydrogen-bond donors (Lipinski definition) is 0. The van der Waals surface area contributed by atoms with Crippen LogP contribution in [0.25, 0.3) is 0 Å². The molecule has 1 saturated heterocycles. The van der Waals surface area contributed by atoms with Crippen LogP contribution in [0.15, 0.2) is 0 Å². The molecule has 5 nitrogen and oxygen atoms in total. The lowest BCUT2D eigenvalue weighted by Crippen LogP contribution is -2.34. The third-order valence-corrected chi connectivity index (χ3v) is 4.13. The zero-order valence-corrected chi connectivity index (χ0v) is 9.92. The van der Waals surface area contributed by atoms with Crippen LogP contribution in [0.1, 0.15) is 13.3 Å². The van der Waals surface area contributed by atoms with Gasteiger partial charge in [0, 0.05) is 26.0 Å². The van der Waals surface area contributed by atoms with Crippen molar-refractivity contribution < 1.29 is 17.9 Å². The quantitative estimate of drug-likeness (QED) is 0.669. The normalized spacial score (nSPS) is 22.0. The molecule has 0 aromatic heterocycles. The van der Waals surface area contributed by atoms with Crippen molar-refractivity contribution in [1.29, 1.82) is 0 Å². The van der Waals surface area contributed by atoms with E-state index in [1.807, 2.05) is 6.92 Å². The molecule has 88 valence electrons. The van der Waals surface area contributed by atoms with Crippen molar-refractivity contribution in [3.05, 3.63) is 0 Å². The largest absolute Gasteiger partial charge is 0.372 e. The predicted molar refractivity (Wildman–Crippen MR) is 56.3 cm³/mol. The Kier molecular flexibility index (Phi) is 4.10. The molecule has 0 bridgehead atoms. The fraction of sp³-hybridized carbons (Fsp3) is 0.889. The molecule has 1 heterocycles. The third kappa shape index (κ3) is 3.46. The number of sulfone groups is 1. The molecule has 0 aliphatic carbocycles. The van der Waals surface area contributed by atoms with Crippen molar-refractivity contribution in [2.45, 2.75) is 18.6 Å². The summed E-state index contributed by atoms with van der Waals surface area (Å²) in [6.07, 6.45) is 1.75. The van der Waals surface area contributed by atoms with Crippen LogP contribution in [0.5, 0.6) is 0 Å². The molecule has 1 aliphatic heterocycles. The molecule has 1 aliphatic rings. The minimum atomic E-state index is -3.02. The Morgan fingerprint density at radius 3 is 2.67 bits per heavy atom. The molecule has 6 heteroatoms. The van der Waals surface area contributed by atoms with Crippen molar-refractivity contribution in [3.63, 3.8) is 0 Å². The summed E-state index contributed by atoms with van der Waals surface area (Å²) in [6.45, 7) is 3.19. The van der Waals surface area contributed by atoms with E-state index in [-0.39, 0.29) is 12.5 Å². The van der Waals surface area contributed by atoms with Gasteiger partial charge in [0.05, 0.1) is 5.25 Å². The Bertz CT molecular complexity index is 325. The van der Waals surface area contributed by atoms with Gasteiger partial charge in [-0.15, -0.1) is 0 Å². The number of hydrogen-bond acceptors (Lipinski definition) is 4. The Hall–Kier alpha value is -0.620. The van der Waals surface area contributed by atoms with E-state index in [0.29, 0.717) is 26.1 Å². The maximum Gasteiger partial charge on any atom is 0.248 e. The van der Waals surface area contributed by atoms with Crippen LogP contribution in [-0.2, 0) is 19.4 Å². The van der Waals surface area contributed by atoms with E-state index >= 15 is 0 Å². The van der Waals surface area contributed by atoms with E-state index < -0.39 is 15.1 Å². The van der Waals surface area contributed by atoms with Gasteiger partial charge in [-0.2, -0.15) is 0 Å². The summed E-state index contributed by atoms with van der Waals surface area (Å²) in [5, 5.41) is -0.400. The summed E-state index contributed by atoms with van der Waals surface area (Å²) in [5.41, 5.74) is 0. The molecule has 0 N–H and O–H groups in total. The SMILES string of the molecule is CCOCC(=O)N1CCC(S(C)(=O)=O)C1. The van der Waals surface area contributed by atoms with Gasteiger partial charge in [-0.05, 0) is 13.3 Å². The molecule has 0 radical (unpaired) electrons. The van der Waals surface area contributed by atoms with Crippen LogP contribution in [0.3, 0.4) is 0 Å². The summed E-state index contributed by atoms with van der Waals surface area (Å²) in [4.78, 5) is 13.0. The second-order valence-electron chi connectivity index (χ2n) is 3.72. The fourth-order valence-corrected chi connectivity index (χ4v) is 2.57. The number of carbonyl (C=O) groups excluding carboxylic acids is 1. The van der Waals surface area contributed by atoms with Crippen molar-refractivity contribution in [2.75, 3.05) is 32.6 Å². The van der Waals surface area contributed by atoms with E-state index in [1.54, 1.807) is 4.90 Å². The Labute approximate surface area is 90.3 Å². The average Bonchev–Trinajstić information content (AvgIpc) is 2.62. The molecule has 0 saturated carbocycles. The second-order valence-corrected chi connectivity index (χ2v) is 6.04. The highest BCUT2D eigenvalue weighted by molar-refractivity contribution is 7.91. The predicted octanol–water partition coefficient (Wildman–Crippen LogP) is -0.332. The highest BCUT2D eigenvalue weighted by Crippen LogP contribution is 2.16. The summed E-state index contributed by atoms with van der Waals surface area (Å²) >= 11 is 0. The van der Waals surface area contributed by atoms with E-state index in [1.165, 1.54) is 6.26 Å². The zero-order valence-electron chi connectivity index (χ0n) is 9.10. The Morgan fingerprint density at radius 2 is 2.20 bits per heavy atom.